The van der Waals surface area contributed by atoms with E-state index in [1.807, 2.05) is 19.1 Å². The van der Waals surface area contributed by atoms with Crippen molar-refractivity contribution in [2.75, 3.05) is 13.1 Å². The average molecular weight is 289 g/mol. The van der Waals surface area contributed by atoms with Gasteiger partial charge >= 0.3 is 0 Å². The van der Waals surface area contributed by atoms with Crippen molar-refractivity contribution >= 4 is 5.91 Å². The molecule has 4 nitrogen and oxygen atoms in total. The third-order valence-electron chi connectivity index (χ3n) is 4.37. The van der Waals surface area contributed by atoms with Crippen LogP contribution in [0.4, 0.5) is 0 Å². The van der Waals surface area contributed by atoms with Crippen LogP contribution >= 0.6 is 0 Å². The molecule has 2 rings (SSSR count). The van der Waals surface area contributed by atoms with Gasteiger partial charge in [-0.1, -0.05) is 43.5 Å². The number of hydrogen-bond acceptors (Lipinski definition) is 3. The van der Waals surface area contributed by atoms with Crippen molar-refractivity contribution in [2.24, 2.45) is 5.84 Å². The van der Waals surface area contributed by atoms with Gasteiger partial charge in [0, 0.05) is 6.54 Å². The summed E-state index contributed by atoms with van der Waals surface area (Å²) < 4.78 is 0. The summed E-state index contributed by atoms with van der Waals surface area (Å²) >= 11 is 0. The van der Waals surface area contributed by atoms with Crippen molar-refractivity contribution < 1.29 is 4.79 Å². The Labute approximate surface area is 127 Å². The maximum atomic E-state index is 11.5. The largest absolute Gasteiger partial charge is 0.299 e. The number of amides is 1. The summed E-state index contributed by atoms with van der Waals surface area (Å²) in [5.41, 5.74) is 4.54. The maximum absolute atomic E-state index is 11.5. The minimum atomic E-state index is -0.203. The molecule has 116 valence electrons. The first-order chi connectivity index (χ1) is 10.2. The fourth-order valence-electron chi connectivity index (χ4n) is 2.92. The lowest BCUT2D eigenvalue weighted by Gasteiger charge is -2.24. The van der Waals surface area contributed by atoms with Crippen molar-refractivity contribution in [2.45, 2.75) is 51.5 Å². The fraction of sp³-hybridized carbons (Fsp3) is 0.588. The summed E-state index contributed by atoms with van der Waals surface area (Å²) in [7, 11) is 0. The van der Waals surface area contributed by atoms with Crippen molar-refractivity contribution in [3.8, 4) is 0 Å². The van der Waals surface area contributed by atoms with Crippen LogP contribution in [0.15, 0.2) is 24.3 Å². The molecular weight excluding hydrogens is 262 g/mol. The second kappa shape index (κ2) is 8.15. The highest BCUT2D eigenvalue weighted by molar-refractivity contribution is 5.82. The quantitative estimate of drug-likeness (QED) is 0.509. The first kappa shape index (κ1) is 16.0. The summed E-state index contributed by atoms with van der Waals surface area (Å²) in [5.74, 6) is 4.84. The Balaban J connectivity index is 1.93. The second-order valence-corrected chi connectivity index (χ2v) is 6.02. The molecular formula is C17H27N3O. The minimum absolute atomic E-state index is 0.147. The number of nitrogens with two attached hydrogens (primary N) is 1. The highest BCUT2D eigenvalue weighted by Crippen LogP contribution is 2.18. The van der Waals surface area contributed by atoms with Crippen LogP contribution < -0.4 is 11.3 Å². The van der Waals surface area contributed by atoms with Gasteiger partial charge in [-0.15, -0.1) is 0 Å². The van der Waals surface area contributed by atoms with Crippen LogP contribution in [0, 0.1) is 0 Å². The second-order valence-electron chi connectivity index (χ2n) is 6.02. The molecule has 1 aromatic rings. The van der Waals surface area contributed by atoms with Crippen LogP contribution in [0.25, 0.3) is 0 Å². The minimum Gasteiger partial charge on any atom is -0.299 e. The van der Waals surface area contributed by atoms with Crippen LogP contribution in [0.5, 0.6) is 0 Å². The molecule has 0 radical (unpaired) electrons. The molecule has 21 heavy (non-hydrogen) atoms. The van der Waals surface area contributed by atoms with Crippen molar-refractivity contribution in [1.29, 1.82) is 0 Å². The smallest absolute Gasteiger partial charge is 0.241 e. The predicted molar refractivity (Wildman–Crippen MR) is 85.5 cm³/mol. The third kappa shape index (κ3) is 4.83. The molecule has 1 saturated heterocycles. The van der Waals surface area contributed by atoms with Crippen LogP contribution in [0.3, 0.4) is 0 Å². The number of nitrogens with one attached hydrogen (secondary N) is 1. The van der Waals surface area contributed by atoms with E-state index in [1.54, 1.807) is 0 Å². The summed E-state index contributed by atoms with van der Waals surface area (Å²) in [6.45, 7) is 5.29. The van der Waals surface area contributed by atoms with Crippen LogP contribution in [-0.4, -0.2) is 23.9 Å². The molecule has 0 aromatic heterocycles. The highest BCUT2D eigenvalue weighted by Gasteiger charge is 2.14. The number of carbonyl (C=O) groups excluding carboxylic acids is 1. The Morgan fingerprint density at radius 1 is 1.14 bits per heavy atom. The van der Waals surface area contributed by atoms with E-state index in [4.69, 9.17) is 5.84 Å². The number of hydrazine groups is 1. The van der Waals surface area contributed by atoms with E-state index in [9.17, 15) is 4.79 Å². The van der Waals surface area contributed by atoms with E-state index in [1.165, 1.54) is 50.8 Å². The highest BCUT2D eigenvalue weighted by atomic mass is 16.2. The molecule has 1 atom stereocenters. The molecule has 0 bridgehead atoms. The Hall–Kier alpha value is -1.39. The van der Waals surface area contributed by atoms with Crippen molar-refractivity contribution in [3.63, 3.8) is 0 Å². The lowest BCUT2D eigenvalue weighted by Crippen LogP contribution is -2.33. The number of rotatable bonds is 4. The van der Waals surface area contributed by atoms with Gasteiger partial charge in [-0.2, -0.15) is 0 Å². The molecule has 0 spiro atoms. The van der Waals surface area contributed by atoms with E-state index in [0.29, 0.717) is 0 Å². The van der Waals surface area contributed by atoms with Gasteiger partial charge in [-0.3, -0.25) is 15.1 Å². The Morgan fingerprint density at radius 2 is 1.71 bits per heavy atom. The maximum Gasteiger partial charge on any atom is 0.241 e. The third-order valence-corrected chi connectivity index (χ3v) is 4.37. The first-order valence-electron chi connectivity index (χ1n) is 8.02. The zero-order chi connectivity index (χ0) is 15.1. The van der Waals surface area contributed by atoms with Gasteiger partial charge in [0.2, 0.25) is 5.91 Å². The van der Waals surface area contributed by atoms with Crippen LogP contribution in [0.2, 0.25) is 0 Å². The van der Waals surface area contributed by atoms with Gasteiger partial charge < -0.3 is 0 Å². The number of benzene rings is 1. The summed E-state index contributed by atoms with van der Waals surface area (Å²) in [6, 6.07) is 8.35. The first-order valence-corrected chi connectivity index (χ1v) is 8.02. The van der Waals surface area contributed by atoms with Crippen LogP contribution in [0.1, 0.15) is 56.1 Å². The van der Waals surface area contributed by atoms with Crippen LogP contribution in [-0.2, 0) is 11.3 Å². The zero-order valence-electron chi connectivity index (χ0n) is 13.0. The number of hydrogen-bond donors (Lipinski definition) is 2. The predicted octanol–water partition coefficient (Wildman–Crippen LogP) is 2.55. The topological polar surface area (TPSA) is 58.4 Å². The van der Waals surface area contributed by atoms with Gasteiger partial charge in [0.05, 0.1) is 5.92 Å². The molecule has 1 aromatic carbocycles. The molecule has 1 fully saturated rings. The number of likely N-dealkylation sites (tertiary alicyclic amines) is 1. The van der Waals surface area contributed by atoms with E-state index in [2.05, 4.69) is 22.5 Å². The SMILES string of the molecule is CC(C(=O)NN)c1ccc(CN2CCCCCCC2)cc1. The lowest BCUT2D eigenvalue weighted by molar-refractivity contribution is -0.122. The molecule has 1 heterocycles. The summed E-state index contributed by atoms with van der Waals surface area (Å²) in [5, 5.41) is 0. The van der Waals surface area contributed by atoms with E-state index in [-0.39, 0.29) is 11.8 Å². The Morgan fingerprint density at radius 3 is 2.29 bits per heavy atom. The Kier molecular flexibility index (Phi) is 6.21. The molecule has 4 heteroatoms. The van der Waals surface area contributed by atoms with Crippen molar-refractivity contribution in [3.05, 3.63) is 35.4 Å². The number of nitrogens with zero attached hydrogens (tertiary/aromatic N) is 1. The number of carbonyl (C=O) groups is 1. The summed E-state index contributed by atoms with van der Waals surface area (Å²) in [4.78, 5) is 14.1. The summed E-state index contributed by atoms with van der Waals surface area (Å²) in [6.07, 6.45) is 6.74. The van der Waals surface area contributed by atoms with Gasteiger partial charge in [0.15, 0.2) is 0 Å². The van der Waals surface area contributed by atoms with Crippen molar-refractivity contribution in [1.82, 2.24) is 10.3 Å². The molecule has 1 amide bonds. The molecule has 1 unspecified atom stereocenters. The van der Waals surface area contributed by atoms with Gasteiger partial charge in [0.25, 0.3) is 0 Å². The Bertz CT molecular complexity index is 436. The monoisotopic (exact) mass is 289 g/mol. The van der Waals surface area contributed by atoms with E-state index < -0.39 is 0 Å². The van der Waals surface area contributed by atoms with Gasteiger partial charge in [-0.25, -0.2) is 5.84 Å². The average Bonchev–Trinajstić information content (AvgIpc) is 2.49. The van der Waals surface area contributed by atoms with E-state index in [0.717, 1.165) is 12.1 Å². The molecule has 3 N–H and O–H groups in total. The molecule has 0 saturated carbocycles. The van der Waals surface area contributed by atoms with Gasteiger partial charge in [-0.05, 0) is 44.0 Å². The van der Waals surface area contributed by atoms with E-state index >= 15 is 0 Å². The fourth-order valence-corrected chi connectivity index (χ4v) is 2.92. The van der Waals surface area contributed by atoms with Gasteiger partial charge in [0.1, 0.15) is 0 Å². The molecule has 1 aliphatic rings. The lowest BCUT2D eigenvalue weighted by atomic mass is 9.99. The molecule has 1 aliphatic heterocycles. The molecule has 0 aliphatic carbocycles. The normalized spacial score (nSPS) is 18.6. The standard InChI is InChI=1S/C17H27N3O/c1-14(17(21)19-18)16-9-7-15(8-10-16)13-20-11-5-3-2-4-6-12-20/h7-10,14H,2-6,11-13,18H2,1H3,(H,19,21). The zero-order valence-corrected chi connectivity index (χ0v) is 13.0.